The molecule has 88 valence electrons. The van der Waals surface area contributed by atoms with Gasteiger partial charge in [0, 0.05) is 17.3 Å². The predicted molar refractivity (Wildman–Crippen MR) is 65.3 cm³/mol. The highest BCUT2D eigenvalue weighted by Gasteiger charge is 2.12. The average molecular weight is 288 g/mol. The fourth-order valence-electron chi connectivity index (χ4n) is 1.17. The van der Waals surface area contributed by atoms with Gasteiger partial charge in [0.05, 0.1) is 12.2 Å². The van der Waals surface area contributed by atoms with Crippen LogP contribution in [0.2, 0.25) is 0 Å². The predicted octanol–water partition coefficient (Wildman–Crippen LogP) is 2.22. The van der Waals surface area contributed by atoms with Crippen LogP contribution < -0.4 is 5.73 Å². The second-order valence-electron chi connectivity index (χ2n) is 3.41. The third kappa shape index (κ3) is 3.50. The molecule has 0 spiro atoms. The van der Waals surface area contributed by atoms with Crippen molar-refractivity contribution < 1.29 is 14.3 Å². The molecule has 1 unspecified atom stereocenters. The number of rotatable bonds is 4. The van der Waals surface area contributed by atoms with Gasteiger partial charge in [-0.3, -0.25) is 0 Å². The van der Waals surface area contributed by atoms with Crippen LogP contribution in [0.1, 0.15) is 17.3 Å². The van der Waals surface area contributed by atoms with Gasteiger partial charge in [-0.05, 0) is 41.1 Å². The fraction of sp³-hybridized carbons (Fsp3) is 0.364. The number of nitrogen functional groups attached to an aromatic ring is 1. The number of anilines is 1. The molecule has 0 aliphatic rings. The summed E-state index contributed by atoms with van der Waals surface area (Å²) in [6, 6.07) is 4.92. The molecule has 0 saturated heterocycles. The van der Waals surface area contributed by atoms with Crippen LogP contribution in [0.5, 0.6) is 0 Å². The summed E-state index contributed by atoms with van der Waals surface area (Å²) in [6.07, 6.45) is -0.270. The number of hydrogen-bond acceptors (Lipinski definition) is 4. The Labute approximate surface area is 103 Å². The highest BCUT2D eigenvalue weighted by atomic mass is 79.9. The van der Waals surface area contributed by atoms with Crippen molar-refractivity contribution in [2.75, 3.05) is 19.5 Å². The minimum atomic E-state index is -0.384. The standard InChI is InChI=1S/C11H14BrNO3/c1-7(6-15-2)16-11(14)8-3-4-10(13)9(12)5-8/h3-5,7H,6,13H2,1-2H3. The lowest BCUT2D eigenvalue weighted by Gasteiger charge is -2.12. The van der Waals surface area contributed by atoms with Gasteiger partial charge in [0.15, 0.2) is 0 Å². The molecule has 0 saturated carbocycles. The first-order chi connectivity index (χ1) is 7.54. The Morgan fingerprint density at radius 3 is 2.81 bits per heavy atom. The highest BCUT2D eigenvalue weighted by Crippen LogP contribution is 2.21. The van der Waals surface area contributed by atoms with Crippen molar-refractivity contribution in [2.24, 2.45) is 0 Å². The van der Waals surface area contributed by atoms with E-state index in [1.165, 1.54) is 0 Å². The van der Waals surface area contributed by atoms with Gasteiger partial charge in [-0.1, -0.05) is 0 Å². The molecular weight excluding hydrogens is 274 g/mol. The molecule has 5 heteroatoms. The number of benzene rings is 1. The summed E-state index contributed by atoms with van der Waals surface area (Å²) >= 11 is 3.25. The molecule has 1 rings (SSSR count). The van der Waals surface area contributed by atoms with E-state index in [0.29, 0.717) is 22.3 Å². The quantitative estimate of drug-likeness (QED) is 0.681. The minimum absolute atomic E-state index is 0.270. The van der Waals surface area contributed by atoms with Gasteiger partial charge >= 0.3 is 5.97 Å². The molecular formula is C11H14BrNO3. The zero-order valence-corrected chi connectivity index (χ0v) is 10.8. The van der Waals surface area contributed by atoms with Crippen molar-refractivity contribution in [3.05, 3.63) is 28.2 Å². The maximum atomic E-state index is 11.7. The lowest BCUT2D eigenvalue weighted by Crippen LogP contribution is -2.19. The van der Waals surface area contributed by atoms with E-state index in [0.717, 1.165) is 0 Å². The zero-order chi connectivity index (χ0) is 12.1. The maximum absolute atomic E-state index is 11.7. The van der Waals surface area contributed by atoms with Crippen molar-refractivity contribution >= 4 is 27.6 Å². The average Bonchev–Trinajstić information content (AvgIpc) is 2.22. The van der Waals surface area contributed by atoms with Crippen LogP contribution in [0.15, 0.2) is 22.7 Å². The molecule has 0 bridgehead atoms. The Morgan fingerprint density at radius 2 is 2.25 bits per heavy atom. The lowest BCUT2D eigenvalue weighted by atomic mass is 10.2. The summed E-state index contributed by atoms with van der Waals surface area (Å²) in [5.41, 5.74) is 6.67. The van der Waals surface area contributed by atoms with E-state index >= 15 is 0 Å². The van der Waals surface area contributed by atoms with Crippen LogP contribution in [0, 0.1) is 0 Å². The Morgan fingerprint density at radius 1 is 1.56 bits per heavy atom. The van der Waals surface area contributed by atoms with Crippen molar-refractivity contribution in [1.82, 2.24) is 0 Å². The lowest BCUT2D eigenvalue weighted by molar-refractivity contribution is 0.0120. The van der Waals surface area contributed by atoms with Gasteiger partial charge in [0.2, 0.25) is 0 Å². The van der Waals surface area contributed by atoms with Crippen LogP contribution in [-0.4, -0.2) is 25.8 Å². The van der Waals surface area contributed by atoms with E-state index < -0.39 is 0 Å². The Kier molecular flexibility index (Phi) is 4.76. The minimum Gasteiger partial charge on any atom is -0.457 e. The van der Waals surface area contributed by atoms with E-state index in [-0.39, 0.29) is 12.1 Å². The van der Waals surface area contributed by atoms with Gasteiger partial charge in [-0.25, -0.2) is 4.79 Å². The Hall–Kier alpha value is -1.07. The highest BCUT2D eigenvalue weighted by molar-refractivity contribution is 9.10. The number of ether oxygens (including phenoxy) is 2. The third-order valence-corrected chi connectivity index (χ3v) is 2.63. The number of halogens is 1. The van der Waals surface area contributed by atoms with E-state index in [4.69, 9.17) is 15.2 Å². The van der Waals surface area contributed by atoms with E-state index in [2.05, 4.69) is 15.9 Å². The first-order valence-electron chi connectivity index (χ1n) is 4.79. The number of nitrogens with two attached hydrogens (primary N) is 1. The van der Waals surface area contributed by atoms with E-state index in [1.54, 1.807) is 32.2 Å². The molecule has 0 fully saturated rings. The Balaban J connectivity index is 2.69. The number of esters is 1. The summed E-state index contributed by atoms with van der Waals surface area (Å²) in [4.78, 5) is 11.7. The zero-order valence-electron chi connectivity index (χ0n) is 9.20. The van der Waals surface area contributed by atoms with Crippen molar-refractivity contribution in [1.29, 1.82) is 0 Å². The second-order valence-corrected chi connectivity index (χ2v) is 4.26. The molecule has 1 aromatic carbocycles. The molecule has 2 N–H and O–H groups in total. The summed E-state index contributed by atoms with van der Waals surface area (Å²) < 4.78 is 10.7. The normalized spacial score (nSPS) is 12.2. The Bertz CT molecular complexity index is 381. The van der Waals surface area contributed by atoms with Crippen LogP contribution in [0.4, 0.5) is 5.69 Å². The maximum Gasteiger partial charge on any atom is 0.338 e. The smallest absolute Gasteiger partial charge is 0.338 e. The van der Waals surface area contributed by atoms with Gasteiger partial charge in [0.25, 0.3) is 0 Å². The molecule has 0 heterocycles. The second kappa shape index (κ2) is 5.86. The molecule has 16 heavy (non-hydrogen) atoms. The SMILES string of the molecule is COCC(C)OC(=O)c1ccc(N)c(Br)c1. The molecule has 0 aliphatic carbocycles. The van der Waals surface area contributed by atoms with Gasteiger partial charge in [-0.2, -0.15) is 0 Å². The largest absolute Gasteiger partial charge is 0.457 e. The van der Waals surface area contributed by atoms with Gasteiger partial charge in [0.1, 0.15) is 6.10 Å². The number of carbonyl (C=O) groups is 1. The van der Waals surface area contributed by atoms with Crippen LogP contribution in [0.3, 0.4) is 0 Å². The first kappa shape index (κ1) is 13.0. The number of hydrogen-bond donors (Lipinski definition) is 1. The summed E-state index contributed by atoms with van der Waals surface area (Å²) in [7, 11) is 1.56. The van der Waals surface area contributed by atoms with E-state index in [9.17, 15) is 4.79 Å². The van der Waals surface area contributed by atoms with Crippen LogP contribution in [-0.2, 0) is 9.47 Å². The molecule has 0 radical (unpaired) electrons. The first-order valence-corrected chi connectivity index (χ1v) is 5.59. The van der Waals surface area contributed by atoms with Crippen molar-refractivity contribution in [3.8, 4) is 0 Å². The molecule has 0 amide bonds. The van der Waals surface area contributed by atoms with Crippen LogP contribution >= 0.6 is 15.9 Å². The summed E-state index contributed by atoms with van der Waals surface area (Å²) in [5.74, 6) is -0.384. The molecule has 4 nitrogen and oxygen atoms in total. The molecule has 1 atom stereocenters. The summed E-state index contributed by atoms with van der Waals surface area (Å²) in [5, 5.41) is 0. The fourth-order valence-corrected chi connectivity index (χ4v) is 1.55. The van der Waals surface area contributed by atoms with E-state index in [1.807, 2.05) is 0 Å². The molecule has 0 aromatic heterocycles. The number of methoxy groups -OCH3 is 1. The van der Waals surface area contributed by atoms with Gasteiger partial charge < -0.3 is 15.2 Å². The number of carbonyl (C=O) groups excluding carboxylic acids is 1. The van der Waals surface area contributed by atoms with Gasteiger partial charge in [-0.15, -0.1) is 0 Å². The molecule has 0 aliphatic heterocycles. The van der Waals surface area contributed by atoms with Crippen molar-refractivity contribution in [3.63, 3.8) is 0 Å². The third-order valence-electron chi connectivity index (χ3n) is 1.95. The van der Waals surface area contributed by atoms with Crippen LogP contribution in [0.25, 0.3) is 0 Å². The monoisotopic (exact) mass is 287 g/mol. The van der Waals surface area contributed by atoms with Crippen molar-refractivity contribution in [2.45, 2.75) is 13.0 Å². The molecule has 1 aromatic rings. The summed E-state index contributed by atoms with van der Waals surface area (Å²) in [6.45, 7) is 2.15. The topological polar surface area (TPSA) is 61.5 Å².